The van der Waals surface area contributed by atoms with Crippen LogP contribution in [0.2, 0.25) is 5.02 Å². The van der Waals surface area contributed by atoms with E-state index in [4.69, 9.17) is 20.8 Å². The van der Waals surface area contributed by atoms with Gasteiger partial charge in [0.15, 0.2) is 0 Å². The highest BCUT2D eigenvalue weighted by Crippen LogP contribution is 2.31. The van der Waals surface area contributed by atoms with Crippen LogP contribution in [0.1, 0.15) is 23.0 Å². The van der Waals surface area contributed by atoms with Crippen LogP contribution in [0.5, 0.6) is 0 Å². The van der Waals surface area contributed by atoms with Gasteiger partial charge in [-0.05, 0) is 55.5 Å². The molecule has 0 bridgehead atoms. The lowest BCUT2D eigenvalue weighted by Gasteiger charge is -2.06. The SMILES string of the molecule is CCOC(=O)c1ccc(NC(=O)/C(C#N)=C/c2ccc(-c3ccc(Cl)c([N+](=O)[O-])c3)o2)cc1. The van der Waals surface area contributed by atoms with Gasteiger partial charge >= 0.3 is 5.97 Å². The molecule has 0 saturated heterocycles. The molecule has 3 aromatic rings. The largest absolute Gasteiger partial charge is 0.462 e. The number of ether oxygens (including phenoxy) is 1. The van der Waals surface area contributed by atoms with E-state index in [-0.39, 0.29) is 28.7 Å². The number of carbonyl (C=O) groups excluding carboxylic acids is 2. The topological polar surface area (TPSA) is 135 Å². The number of halogens is 1. The smallest absolute Gasteiger partial charge is 0.338 e. The van der Waals surface area contributed by atoms with Crippen LogP contribution in [0.4, 0.5) is 11.4 Å². The lowest BCUT2D eigenvalue weighted by molar-refractivity contribution is -0.384. The second-order valence-corrected chi connectivity index (χ2v) is 6.95. The Morgan fingerprint density at radius 1 is 1.21 bits per heavy atom. The molecule has 0 saturated carbocycles. The van der Waals surface area contributed by atoms with Crippen molar-refractivity contribution in [2.45, 2.75) is 6.92 Å². The van der Waals surface area contributed by atoms with E-state index in [2.05, 4.69) is 5.32 Å². The Labute approximate surface area is 193 Å². The number of nitro groups is 1. The molecular weight excluding hydrogens is 450 g/mol. The average Bonchev–Trinajstić information content (AvgIpc) is 3.26. The molecule has 0 aliphatic heterocycles. The zero-order valence-electron chi connectivity index (χ0n) is 17.2. The summed E-state index contributed by atoms with van der Waals surface area (Å²) in [6, 6.07) is 15.1. The number of nitrogens with zero attached hydrogens (tertiary/aromatic N) is 2. The number of hydrogen-bond acceptors (Lipinski definition) is 7. The van der Waals surface area contributed by atoms with Gasteiger partial charge in [-0.3, -0.25) is 14.9 Å². The molecule has 33 heavy (non-hydrogen) atoms. The minimum atomic E-state index is -0.679. The molecule has 2 aromatic carbocycles. The lowest BCUT2D eigenvalue weighted by atomic mass is 10.1. The fourth-order valence-corrected chi connectivity index (χ4v) is 2.97. The number of nitriles is 1. The van der Waals surface area contributed by atoms with Crippen LogP contribution in [0.3, 0.4) is 0 Å². The molecule has 0 fully saturated rings. The van der Waals surface area contributed by atoms with Crippen molar-refractivity contribution in [2.75, 3.05) is 11.9 Å². The zero-order chi connectivity index (χ0) is 24.0. The normalized spacial score (nSPS) is 10.9. The summed E-state index contributed by atoms with van der Waals surface area (Å²) in [5.74, 6) is -0.658. The molecule has 0 atom stereocenters. The Morgan fingerprint density at radius 2 is 1.94 bits per heavy atom. The second-order valence-electron chi connectivity index (χ2n) is 6.55. The van der Waals surface area contributed by atoms with Crippen LogP contribution in [-0.2, 0) is 9.53 Å². The van der Waals surface area contributed by atoms with Crippen LogP contribution in [-0.4, -0.2) is 23.4 Å². The van der Waals surface area contributed by atoms with Gasteiger partial charge in [0.25, 0.3) is 11.6 Å². The number of benzene rings is 2. The molecule has 10 heteroatoms. The van der Waals surface area contributed by atoms with Crippen LogP contribution in [0.25, 0.3) is 17.4 Å². The first-order valence-electron chi connectivity index (χ1n) is 9.57. The molecule has 166 valence electrons. The standard InChI is InChI=1S/C23H16ClN3O6/c1-2-32-23(29)14-3-6-17(7-4-14)26-22(28)16(13-25)11-18-8-10-21(33-18)15-5-9-19(24)20(12-15)27(30)31/h3-12H,2H2,1H3,(H,26,28)/b16-11+. The van der Waals surface area contributed by atoms with E-state index < -0.39 is 16.8 Å². The highest BCUT2D eigenvalue weighted by molar-refractivity contribution is 6.32. The maximum absolute atomic E-state index is 12.5. The van der Waals surface area contributed by atoms with Crippen molar-refractivity contribution in [2.24, 2.45) is 0 Å². The summed E-state index contributed by atoms with van der Waals surface area (Å²) in [6.45, 7) is 1.95. The summed E-state index contributed by atoms with van der Waals surface area (Å²) in [4.78, 5) is 34.6. The highest BCUT2D eigenvalue weighted by atomic mass is 35.5. The predicted octanol–water partition coefficient (Wildman–Crippen LogP) is 5.23. The molecule has 1 heterocycles. The van der Waals surface area contributed by atoms with Crippen LogP contribution < -0.4 is 5.32 Å². The number of amides is 1. The molecule has 0 spiro atoms. The van der Waals surface area contributed by atoms with E-state index in [9.17, 15) is 25.0 Å². The summed E-state index contributed by atoms with van der Waals surface area (Å²) in [7, 11) is 0. The van der Waals surface area contributed by atoms with Gasteiger partial charge in [0.1, 0.15) is 28.2 Å². The van der Waals surface area contributed by atoms with Crippen molar-refractivity contribution in [1.82, 2.24) is 0 Å². The van der Waals surface area contributed by atoms with E-state index in [0.29, 0.717) is 22.6 Å². The lowest BCUT2D eigenvalue weighted by Crippen LogP contribution is -2.13. The minimum Gasteiger partial charge on any atom is -0.462 e. The van der Waals surface area contributed by atoms with Crippen molar-refractivity contribution < 1.29 is 23.7 Å². The molecule has 1 N–H and O–H groups in total. The first-order valence-corrected chi connectivity index (χ1v) is 9.94. The monoisotopic (exact) mass is 465 g/mol. The summed E-state index contributed by atoms with van der Waals surface area (Å²) in [5, 5.41) is 23.0. The van der Waals surface area contributed by atoms with Crippen molar-refractivity contribution >= 4 is 40.9 Å². The molecule has 9 nitrogen and oxygen atoms in total. The molecule has 0 unspecified atom stereocenters. The average molecular weight is 466 g/mol. The number of anilines is 1. The van der Waals surface area contributed by atoms with Gasteiger partial charge in [0, 0.05) is 23.4 Å². The number of hydrogen-bond donors (Lipinski definition) is 1. The fraction of sp³-hybridized carbons (Fsp3) is 0.0870. The Kier molecular flexibility index (Phi) is 7.23. The number of esters is 1. The van der Waals surface area contributed by atoms with Crippen molar-refractivity contribution in [1.29, 1.82) is 5.26 Å². The molecular formula is C23H16ClN3O6. The molecule has 1 amide bonds. The number of furan rings is 1. The van der Waals surface area contributed by atoms with Crippen LogP contribution >= 0.6 is 11.6 Å². The van der Waals surface area contributed by atoms with Crippen molar-refractivity contribution in [3.05, 3.63) is 86.6 Å². The van der Waals surface area contributed by atoms with Gasteiger partial charge < -0.3 is 14.5 Å². The van der Waals surface area contributed by atoms with Crippen molar-refractivity contribution in [3.8, 4) is 17.4 Å². The number of nitrogens with one attached hydrogen (secondary N) is 1. The quantitative estimate of drug-likeness (QED) is 0.166. The predicted molar refractivity (Wildman–Crippen MR) is 120 cm³/mol. The van der Waals surface area contributed by atoms with Gasteiger partial charge in [-0.15, -0.1) is 0 Å². The third-order valence-corrected chi connectivity index (χ3v) is 4.68. The Bertz CT molecular complexity index is 1290. The Morgan fingerprint density at radius 3 is 2.58 bits per heavy atom. The van der Waals surface area contributed by atoms with Crippen LogP contribution in [0.15, 0.2) is 64.6 Å². The second kappa shape index (κ2) is 10.3. The van der Waals surface area contributed by atoms with Crippen molar-refractivity contribution in [3.63, 3.8) is 0 Å². The van der Waals surface area contributed by atoms with Gasteiger partial charge in [0.2, 0.25) is 0 Å². The van der Waals surface area contributed by atoms with E-state index in [1.165, 1.54) is 48.5 Å². The first-order chi connectivity index (χ1) is 15.8. The van der Waals surface area contributed by atoms with E-state index >= 15 is 0 Å². The van der Waals surface area contributed by atoms with E-state index in [1.807, 2.05) is 0 Å². The summed E-state index contributed by atoms with van der Waals surface area (Å²) >= 11 is 5.83. The van der Waals surface area contributed by atoms with E-state index in [0.717, 1.165) is 0 Å². The van der Waals surface area contributed by atoms with Gasteiger partial charge in [0.05, 0.1) is 17.1 Å². The molecule has 3 rings (SSSR count). The van der Waals surface area contributed by atoms with Gasteiger partial charge in [-0.2, -0.15) is 5.26 Å². The first kappa shape index (κ1) is 23.2. The third-order valence-electron chi connectivity index (χ3n) is 4.36. The minimum absolute atomic E-state index is 0.00542. The maximum atomic E-state index is 12.5. The summed E-state index contributed by atoms with van der Waals surface area (Å²) in [6.07, 6.45) is 1.25. The fourth-order valence-electron chi connectivity index (χ4n) is 2.78. The summed E-state index contributed by atoms with van der Waals surface area (Å²) in [5.41, 5.74) is 0.621. The third kappa shape index (κ3) is 5.64. The molecule has 0 aliphatic carbocycles. The molecule has 0 radical (unpaired) electrons. The zero-order valence-corrected chi connectivity index (χ0v) is 18.0. The summed E-state index contributed by atoms with van der Waals surface area (Å²) < 4.78 is 10.5. The number of rotatable bonds is 7. The van der Waals surface area contributed by atoms with Gasteiger partial charge in [-0.25, -0.2) is 4.79 Å². The molecule has 1 aromatic heterocycles. The Balaban J connectivity index is 1.76. The Hall–Kier alpha value is -4.42. The number of nitro benzene ring substituents is 1. The van der Waals surface area contributed by atoms with E-state index in [1.54, 1.807) is 25.1 Å². The molecule has 0 aliphatic rings. The number of carbonyl (C=O) groups is 2. The van der Waals surface area contributed by atoms with Crippen LogP contribution in [0, 0.1) is 21.4 Å². The maximum Gasteiger partial charge on any atom is 0.338 e. The highest BCUT2D eigenvalue weighted by Gasteiger charge is 2.16. The van der Waals surface area contributed by atoms with Gasteiger partial charge in [-0.1, -0.05) is 11.6 Å².